The highest BCUT2D eigenvalue weighted by molar-refractivity contribution is 7.14. The zero-order valence-corrected chi connectivity index (χ0v) is 17.4. The Balaban J connectivity index is 1.52. The van der Waals surface area contributed by atoms with Crippen molar-refractivity contribution < 1.29 is 14.3 Å². The van der Waals surface area contributed by atoms with Crippen molar-refractivity contribution in [1.82, 2.24) is 10.3 Å². The van der Waals surface area contributed by atoms with Gasteiger partial charge in [0.25, 0.3) is 5.91 Å². The SMILES string of the molecule is COc1ccccc1C(=O)NCCC(=O)Nc1nc(-c2ccc(C)c(C)c2)cs1. The molecule has 0 saturated heterocycles. The van der Waals surface area contributed by atoms with Gasteiger partial charge < -0.3 is 15.4 Å². The Morgan fingerprint density at radius 2 is 1.90 bits per heavy atom. The van der Waals surface area contributed by atoms with Gasteiger partial charge in [-0.1, -0.05) is 24.3 Å². The highest BCUT2D eigenvalue weighted by atomic mass is 32.1. The van der Waals surface area contributed by atoms with Crippen molar-refractivity contribution >= 4 is 28.3 Å². The minimum atomic E-state index is -0.276. The van der Waals surface area contributed by atoms with E-state index in [2.05, 4.69) is 41.6 Å². The maximum Gasteiger partial charge on any atom is 0.255 e. The summed E-state index contributed by atoms with van der Waals surface area (Å²) in [6.07, 6.45) is 0.152. The second-order valence-corrected chi connectivity index (χ2v) is 7.45. The van der Waals surface area contributed by atoms with E-state index in [9.17, 15) is 9.59 Å². The maximum atomic E-state index is 12.2. The summed E-state index contributed by atoms with van der Waals surface area (Å²) in [6, 6.07) is 13.1. The minimum Gasteiger partial charge on any atom is -0.496 e. The molecule has 0 spiro atoms. The molecule has 2 amide bonds. The van der Waals surface area contributed by atoms with Crippen molar-refractivity contribution in [3.05, 3.63) is 64.5 Å². The Morgan fingerprint density at radius 3 is 2.66 bits per heavy atom. The first-order valence-corrected chi connectivity index (χ1v) is 10.1. The van der Waals surface area contributed by atoms with E-state index in [1.165, 1.54) is 29.6 Å². The van der Waals surface area contributed by atoms with Gasteiger partial charge in [-0.05, 0) is 43.2 Å². The summed E-state index contributed by atoms with van der Waals surface area (Å²) in [5.41, 5.74) is 4.72. The van der Waals surface area contributed by atoms with Gasteiger partial charge in [-0.25, -0.2) is 4.98 Å². The molecule has 150 valence electrons. The molecular formula is C22H23N3O3S. The van der Waals surface area contributed by atoms with Crippen molar-refractivity contribution in [2.75, 3.05) is 19.0 Å². The van der Waals surface area contributed by atoms with Crippen molar-refractivity contribution in [2.45, 2.75) is 20.3 Å². The summed E-state index contributed by atoms with van der Waals surface area (Å²) in [5, 5.41) is 7.98. The third kappa shape index (κ3) is 5.20. The van der Waals surface area contributed by atoms with Gasteiger partial charge in [0.2, 0.25) is 5.91 Å². The topological polar surface area (TPSA) is 80.3 Å². The maximum absolute atomic E-state index is 12.2. The molecule has 3 aromatic rings. The Bertz CT molecular complexity index is 1030. The number of thiazole rings is 1. The lowest BCUT2D eigenvalue weighted by atomic mass is 10.1. The van der Waals surface area contributed by atoms with Crippen LogP contribution in [-0.4, -0.2) is 30.5 Å². The average molecular weight is 410 g/mol. The van der Waals surface area contributed by atoms with Gasteiger partial charge in [0.1, 0.15) is 5.75 Å². The van der Waals surface area contributed by atoms with E-state index in [0.29, 0.717) is 16.4 Å². The number of methoxy groups -OCH3 is 1. The van der Waals surface area contributed by atoms with Crippen LogP contribution in [0.1, 0.15) is 27.9 Å². The molecule has 0 radical (unpaired) electrons. The molecule has 1 aromatic heterocycles. The van der Waals surface area contributed by atoms with E-state index in [0.717, 1.165) is 11.3 Å². The number of aryl methyl sites for hydroxylation is 2. The van der Waals surface area contributed by atoms with Crippen LogP contribution < -0.4 is 15.4 Å². The summed E-state index contributed by atoms with van der Waals surface area (Å²) < 4.78 is 5.18. The molecule has 0 unspecified atom stereocenters. The number of nitrogens with one attached hydrogen (secondary N) is 2. The Morgan fingerprint density at radius 1 is 1.10 bits per heavy atom. The highest BCUT2D eigenvalue weighted by Gasteiger charge is 2.12. The van der Waals surface area contributed by atoms with Crippen molar-refractivity contribution in [2.24, 2.45) is 0 Å². The molecule has 0 fully saturated rings. The summed E-state index contributed by atoms with van der Waals surface area (Å²) >= 11 is 1.38. The quantitative estimate of drug-likeness (QED) is 0.613. The third-order valence-electron chi connectivity index (χ3n) is 4.54. The van der Waals surface area contributed by atoms with Crippen molar-refractivity contribution in [1.29, 1.82) is 0 Å². The normalized spacial score (nSPS) is 10.4. The lowest BCUT2D eigenvalue weighted by Crippen LogP contribution is -2.28. The van der Waals surface area contributed by atoms with Crippen LogP contribution in [0.25, 0.3) is 11.3 Å². The second-order valence-electron chi connectivity index (χ2n) is 6.59. The van der Waals surface area contributed by atoms with E-state index in [1.54, 1.807) is 24.3 Å². The van der Waals surface area contributed by atoms with Crippen LogP contribution in [0.5, 0.6) is 5.75 Å². The number of hydrogen-bond acceptors (Lipinski definition) is 5. The first-order valence-electron chi connectivity index (χ1n) is 9.22. The van der Waals surface area contributed by atoms with E-state index >= 15 is 0 Å². The number of ether oxygens (including phenoxy) is 1. The van der Waals surface area contributed by atoms with Gasteiger partial charge in [0, 0.05) is 23.9 Å². The number of amides is 2. The molecule has 0 aliphatic heterocycles. The first-order chi connectivity index (χ1) is 14.0. The van der Waals surface area contributed by atoms with E-state index in [1.807, 2.05) is 11.4 Å². The van der Waals surface area contributed by atoms with Gasteiger partial charge in [-0.3, -0.25) is 9.59 Å². The van der Waals surface area contributed by atoms with Gasteiger partial charge in [-0.2, -0.15) is 0 Å². The largest absolute Gasteiger partial charge is 0.496 e. The molecule has 2 N–H and O–H groups in total. The lowest BCUT2D eigenvalue weighted by Gasteiger charge is -2.08. The van der Waals surface area contributed by atoms with Crippen LogP contribution in [0, 0.1) is 13.8 Å². The molecule has 0 atom stereocenters. The number of nitrogens with zero attached hydrogens (tertiary/aromatic N) is 1. The molecular weight excluding hydrogens is 386 g/mol. The molecule has 0 saturated carbocycles. The molecule has 29 heavy (non-hydrogen) atoms. The summed E-state index contributed by atoms with van der Waals surface area (Å²) in [7, 11) is 1.51. The van der Waals surface area contributed by atoms with Gasteiger partial charge in [0.15, 0.2) is 5.13 Å². The van der Waals surface area contributed by atoms with Crippen molar-refractivity contribution in [3.63, 3.8) is 0 Å². The molecule has 1 heterocycles. The van der Waals surface area contributed by atoms with E-state index in [-0.39, 0.29) is 24.8 Å². The molecule has 0 aliphatic rings. The van der Waals surface area contributed by atoms with Crippen LogP contribution in [0.3, 0.4) is 0 Å². The monoisotopic (exact) mass is 409 g/mol. The van der Waals surface area contributed by atoms with Gasteiger partial charge in [0.05, 0.1) is 18.4 Å². The Labute approximate surface area is 173 Å². The number of carbonyl (C=O) groups excluding carboxylic acids is 2. The zero-order chi connectivity index (χ0) is 20.8. The van der Waals surface area contributed by atoms with Gasteiger partial charge in [-0.15, -0.1) is 11.3 Å². The summed E-state index contributed by atoms with van der Waals surface area (Å²) in [5.74, 6) is 0.0175. The smallest absolute Gasteiger partial charge is 0.255 e. The number of carbonyl (C=O) groups is 2. The molecule has 0 bridgehead atoms. The predicted octanol–water partition coefficient (Wildman–Crippen LogP) is 4.19. The van der Waals surface area contributed by atoms with E-state index < -0.39 is 0 Å². The van der Waals surface area contributed by atoms with E-state index in [4.69, 9.17) is 4.74 Å². The van der Waals surface area contributed by atoms with Crippen LogP contribution in [-0.2, 0) is 4.79 Å². The average Bonchev–Trinajstić information content (AvgIpc) is 3.18. The fraction of sp³-hybridized carbons (Fsp3) is 0.227. The standard InChI is InChI=1S/C22H23N3O3S/c1-14-8-9-16(12-15(14)2)18-13-29-22(24-18)25-20(26)10-11-23-21(27)17-6-4-5-7-19(17)28-3/h4-9,12-13H,10-11H2,1-3H3,(H,23,27)(H,24,25,26). The number of aromatic nitrogens is 1. The molecule has 2 aromatic carbocycles. The Hall–Kier alpha value is -3.19. The molecule has 6 nitrogen and oxygen atoms in total. The van der Waals surface area contributed by atoms with Crippen LogP contribution in [0.2, 0.25) is 0 Å². The molecule has 7 heteroatoms. The lowest BCUT2D eigenvalue weighted by molar-refractivity contribution is -0.116. The second kappa shape index (κ2) is 9.34. The fourth-order valence-electron chi connectivity index (χ4n) is 2.76. The fourth-order valence-corrected chi connectivity index (χ4v) is 3.50. The van der Waals surface area contributed by atoms with Gasteiger partial charge >= 0.3 is 0 Å². The van der Waals surface area contributed by atoms with Crippen LogP contribution in [0.15, 0.2) is 47.8 Å². The predicted molar refractivity (Wildman–Crippen MR) is 116 cm³/mol. The third-order valence-corrected chi connectivity index (χ3v) is 5.30. The van der Waals surface area contributed by atoms with Crippen LogP contribution in [0.4, 0.5) is 5.13 Å². The number of anilines is 1. The molecule has 3 rings (SSSR count). The zero-order valence-electron chi connectivity index (χ0n) is 16.6. The molecule has 0 aliphatic carbocycles. The number of rotatable bonds is 7. The number of hydrogen-bond donors (Lipinski definition) is 2. The summed E-state index contributed by atoms with van der Waals surface area (Å²) in [6.45, 7) is 4.35. The first kappa shape index (κ1) is 20.5. The van der Waals surface area contributed by atoms with Crippen molar-refractivity contribution in [3.8, 4) is 17.0 Å². The Kier molecular flexibility index (Phi) is 6.61. The number of benzene rings is 2. The minimum absolute atomic E-state index is 0.152. The number of para-hydroxylation sites is 1. The highest BCUT2D eigenvalue weighted by Crippen LogP contribution is 2.26. The summed E-state index contributed by atoms with van der Waals surface area (Å²) in [4.78, 5) is 28.9. The van der Waals surface area contributed by atoms with Crippen LogP contribution >= 0.6 is 11.3 Å².